The van der Waals surface area contributed by atoms with Gasteiger partial charge in [0.25, 0.3) is 5.56 Å². The Morgan fingerprint density at radius 2 is 1.69 bits per heavy atom. The van der Waals surface area contributed by atoms with Gasteiger partial charge in [0.1, 0.15) is 0 Å². The monoisotopic (exact) mass is 451 g/mol. The molecule has 0 spiro atoms. The highest BCUT2D eigenvalue weighted by Gasteiger charge is 2.48. The van der Waals surface area contributed by atoms with Gasteiger partial charge in [-0.05, 0) is 0 Å². The van der Waals surface area contributed by atoms with E-state index in [-0.39, 0.29) is 23.7 Å². The Balaban J connectivity index is 2.09. The second kappa shape index (κ2) is 9.13. The van der Waals surface area contributed by atoms with E-state index < -0.39 is 53.9 Å². The van der Waals surface area contributed by atoms with Gasteiger partial charge in [0.15, 0.2) is 35.7 Å². The third-order valence-corrected chi connectivity index (χ3v) is 4.32. The number of nitrogens with one attached hydrogen (secondary N) is 2. The SMILES string of the molecule is CC(=O)Nc1nc2c(ncn2[C@H]2OC[C@@H](OC(C)=O)[C@@H](OC(C)=O)[C@@H]2OC(C)=O)c(=O)[nH]1. The predicted octanol–water partition coefficient (Wildman–Crippen LogP) is -0.598. The van der Waals surface area contributed by atoms with Crippen LogP contribution in [0.3, 0.4) is 0 Å². The van der Waals surface area contributed by atoms with Gasteiger partial charge in [0.2, 0.25) is 11.9 Å². The third kappa shape index (κ3) is 4.91. The van der Waals surface area contributed by atoms with E-state index in [1.165, 1.54) is 24.7 Å². The summed E-state index contributed by atoms with van der Waals surface area (Å²) in [6, 6.07) is 0. The first-order valence-electron chi connectivity index (χ1n) is 9.44. The summed E-state index contributed by atoms with van der Waals surface area (Å²) < 4.78 is 22.9. The summed E-state index contributed by atoms with van der Waals surface area (Å²) in [7, 11) is 0. The van der Waals surface area contributed by atoms with Crippen molar-refractivity contribution >= 4 is 40.9 Å². The molecule has 1 fully saturated rings. The summed E-state index contributed by atoms with van der Waals surface area (Å²) in [6.45, 7) is 4.47. The molecule has 4 atom stereocenters. The predicted molar refractivity (Wildman–Crippen MR) is 104 cm³/mol. The van der Waals surface area contributed by atoms with Gasteiger partial charge >= 0.3 is 17.9 Å². The number of H-pyrrole nitrogens is 1. The molecule has 14 nitrogen and oxygen atoms in total. The molecule has 172 valence electrons. The van der Waals surface area contributed by atoms with Crippen molar-refractivity contribution in [2.75, 3.05) is 11.9 Å². The largest absolute Gasteiger partial charge is 0.456 e. The molecule has 0 unspecified atom stereocenters. The first kappa shape index (κ1) is 22.9. The number of rotatable bonds is 5. The lowest BCUT2D eigenvalue weighted by Gasteiger charge is -2.40. The number of amides is 1. The lowest BCUT2D eigenvalue weighted by Crippen LogP contribution is -2.55. The maximum Gasteiger partial charge on any atom is 0.303 e. The van der Waals surface area contributed by atoms with Crippen molar-refractivity contribution in [3.8, 4) is 0 Å². The molecule has 3 heterocycles. The summed E-state index contributed by atoms with van der Waals surface area (Å²) >= 11 is 0. The van der Waals surface area contributed by atoms with Crippen molar-refractivity contribution in [3.63, 3.8) is 0 Å². The van der Waals surface area contributed by atoms with Gasteiger partial charge in [-0.3, -0.25) is 38.8 Å². The van der Waals surface area contributed by atoms with Gasteiger partial charge in [-0.1, -0.05) is 0 Å². The van der Waals surface area contributed by atoms with E-state index in [9.17, 15) is 24.0 Å². The van der Waals surface area contributed by atoms with Gasteiger partial charge in [-0.15, -0.1) is 0 Å². The van der Waals surface area contributed by atoms with Crippen molar-refractivity contribution in [1.29, 1.82) is 0 Å². The second-order valence-electron chi connectivity index (χ2n) is 6.94. The molecule has 14 heteroatoms. The fraction of sp³-hybridized carbons (Fsp3) is 0.500. The van der Waals surface area contributed by atoms with Gasteiger partial charge < -0.3 is 18.9 Å². The molecule has 1 saturated heterocycles. The molecular formula is C18H21N5O9. The number of imidazole rings is 1. The molecule has 2 aromatic heterocycles. The number of ether oxygens (including phenoxy) is 4. The molecule has 0 aromatic carbocycles. The Labute approximate surface area is 180 Å². The van der Waals surface area contributed by atoms with Crippen molar-refractivity contribution < 1.29 is 38.1 Å². The number of nitrogens with zero attached hydrogens (tertiary/aromatic N) is 3. The summed E-state index contributed by atoms with van der Waals surface area (Å²) in [6.07, 6.45) is -3.48. The molecule has 1 amide bonds. The maximum absolute atomic E-state index is 12.3. The average Bonchev–Trinajstić information content (AvgIpc) is 3.07. The average molecular weight is 451 g/mol. The van der Waals surface area contributed by atoms with E-state index in [1.807, 2.05) is 0 Å². The van der Waals surface area contributed by atoms with Crippen LogP contribution in [0.15, 0.2) is 11.1 Å². The van der Waals surface area contributed by atoms with Crippen molar-refractivity contribution in [2.24, 2.45) is 0 Å². The Bertz CT molecular complexity index is 1120. The summed E-state index contributed by atoms with van der Waals surface area (Å²) in [5.41, 5.74) is -0.700. The molecule has 1 aliphatic rings. The van der Waals surface area contributed by atoms with Crippen LogP contribution in [0.1, 0.15) is 33.9 Å². The molecule has 0 bridgehead atoms. The lowest BCUT2D eigenvalue weighted by atomic mass is 10.0. The number of carbonyl (C=O) groups is 4. The number of aromatic amines is 1. The maximum atomic E-state index is 12.3. The van der Waals surface area contributed by atoms with E-state index in [1.54, 1.807) is 0 Å². The topological polar surface area (TPSA) is 181 Å². The highest BCUT2D eigenvalue weighted by molar-refractivity contribution is 5.87. The molecule has 0 aliphatic carbocycles. The normalized spacial score (nSPS) is 22.8. The number of fused-ring (bicyclic) bond motifs is 1. The summed E-state index contributed by atoms with van der Waals surface area (Å²) in [4.78, 5) is 69.3. The minimum atomic E-state index is -1.28. The second-order valence-corrected chi connectivity index (χ2v) is 6.94. The smallest absolute Gasteiger partial charge is 0.303 e. The van der Waals surface area contributed by atoms with E-state index >= 15 is 0 Å². The highest BCUT2D eigenvalue weighted by Crippen LogP contribution is 2.32. The fourth-order valence-corrected chi connectivity index (χ4v) is 3.30. The third-order valence-electron chi connectivity index (χ3n) is 4.32. The van der Waals surface area contributed by atoms with E-state index in [0.29, 0.717) is 0 Å². The van der Waals surface area contributed by atoms with Crippen LogP contribution in [0.5, 0.6) is 0 Å². The van der Waals surface area contributed by atoms with Crippen LogP contribution in [0, 0.1) is 0 Å². The highest BCUT2D eigenvalue weighted by atomic mass is 16.6. The van der Waals surface area contributed by atoms with Crippen LogP contribution in [0.4, 0.5) is 5.95 Å². The van der Waals surface area contributed by atoms with Crippen LogP contribution in [0.25, 0.3) is 11.2 Å². The number of anilines is 1. The molecule has 2 aromatic rings. The minimum Gasteiger partial charge on any atom is -0.456 e. The van der Waals surface area contributed by atoms with Crippen molar-refractivity contribution in [2.45, 2.75) is 52.2 Å². The number of carbonyl (C=O) groups excluding carboxylic acids is 4. The molecule has 1 aliphatic heterocycles. The first-order chi connectivity index (χ1) is 15.1. The molecule has 3 rings (SSSR count). The standard InChI is InChI=1S/C18H21N5O9/c1-7(24)20-18-21-15-12(16(28)22-18)19-6-23(15)17-14(32-10(4)27)13(31-9(3)26)11(5-29-17)30-8(2)25/h6,11,13-14,17H,5H2,1-4H3,(H2,20,21,22,24,28)/t11-,13-,14+,17+/m1/s1. The van der Waals surface area contributed by atoms with E-state index in [0.717, 1.165) is 13.8 Å². The van der Waals surface area contributed by atoms with Crippen LogP contribution in [0.2, 0.25) is 0 Å². The van der Waals surface area contributed by atoms with Crippen LogP contribution in [-0.2, 0) is 38.1 Å². The fourth-order valence-electron chi connectivity index (χ4n) is 3.30. The number of aromatic nitrogens is 4. The van der Waals surface area contributed by atoms with Crippen LogP contribution < -0.4 is 10.9 Å². The molecular weight excluding hydrogens is 430 g/mol. The van der Waals surface area contributed by atoms with Gasteiger partial charge in [0, 0.05) is 27.7 Å². The van der Waals surface area contributed by atoms with Crippen LogP contribution in [-0.4, -0.2) is 68.3 Å². The molecule has 2 N–H and O–H groups in total. The minimum absolute atomic E-state index is 0.00663. The van der Waals surface area contributed by atoms with E-state index in [2.05, 4.69) is 20.3 Å². The van der Waals surface area contributed by atoms with Gasteiger partial charge in [-0.25, -0.2) is 4.98 Å². The zero-order valence-corrected chi connectivity index (χ0v) is 17.6. The molecule has 32 heavy (non-hydrogen) atoms. The Hall–Kier alpha value is -3.81. The molecule has 0 saturated carbocycles. The quantitative estimate of drug-likeness (QED) is 0.437. The lowest BCUT2D eigenvalue weighted by molar-refractivity contribution is -0.239. The summed E-state index contributed by atoms with van der Waals surface area (Å²) in [5, 5.41) is 2.36. The zero-order chi connectivity index (χ0) is 23.6. The first-order valence-corrected chi connectivity index (χ1v) is 9.44. The molecule has 0 radical (unpaired) electrons. The Morgan fingerprint density at radius 1 is 1.06 bits per heavy atom. The number of hydrogen-bond donors (Lipinski definition) is 2. The van der Waals surface area contributed by atoms with Crippen molar-refractivity contribution in [3.05, 3.63) is 16.7 Å². The number of hydrogen-bond acceptors (Lipinski definition) is 11. The summed E-state index contributed by atoms with van der Waals surface area (Å²) in [5.74, 6) is -2.69. The number of esters is 3. The zero-order valence-electron chi connectivity index (χ0n) is 17.6. The van der Waals surface area contributed by atoms with E-state index in [4.69, 9.17) is 18.9 Å². The van der Waals surface area contributed by atoms with Gasteiger partial charge in [-0.2, -0.15) is 4.98 Å². The Kier molecular flexibility index (Phi) is 6.53. The Morgan fingerprint density at radius 3 is 2.28 bits per heavy atom. The van der Waals surface area contributed by atoms with Gasteiger partial charge in [0.05, 0.1) is 12.9 Å². The van der Waals surface area contributed by atoms with Crippen LogP contribution >= 0.6 is 0 Å². The van der Waals surface area contributed by atoms with Crippen molar-refractivity contribution in [1.82, 2.24) is 19.5 Å².